The largest absolute Gasteiger partial charge is 0.384 e. The van der Waals surface area contributed by atoms with Gasteiger partial charge >= 0.3 is 0 Å². The Kier molecular flexibility index (Phi) is 5.11. The molecule has 2 aromatic rings. The number of amides is 2. The maximum Gasteiger partial charge on any atom is 0.225 e. The average molecular weight is 326 g/mol. The number of methoxy groups -OCH3 is 1. The summed E-state index contributed by atoms with van der Waals surface area (Å²) in [5.41, 5.74) is 1.13. The van der Waals surface area contributed by atoms with E-state index in [1.54, 1.807) is 7.11 Å². The highest BCUT2D eigenvalue weighted by Gasteiger charge is 2.30. The van der Waals surface area contributed by atoms with Gasteiger partial charge in [0.05, 0.1) is 12.6 Å². The van der Waals surface area contributed by atoms with Crippen molar-refractivity contribution in [1.29, 1.82) is 0 Å². The molecule has 0 aromatic heterocycles. The Balaban J connectivity index is 1.65. The zero-order chi connectivity index (χ0) is 16.9. The number of nitrogens with zero attached hydrogens (tertiary/aromatic N) is 1. The summed E-state index contributed by atoms with van der Waals surface area (Å²) in [6.45, 7) is 1.53. The van der Waals surface area contributed by atoms with E-state index < -0.39 is 0 Å². The van der Waals surface area contributed by atoms with Crippen LogP contribution in [0.25, 0.3) is 10.8 Å². The lowest BCUT2D eigenvalue weighted by Gasteiger charge is -2.18. The molecule has 5 heteroatoms. The third-order valence-electron chi connectivity index (χ3n) is 4.35. The van der Waals surface area contributed by atoms with Crippen LogP contribution in [0.3, 0.4) is 0 Å². The second kappa shape index (κ2) is 7.45. The molecule has 0 aliphatic carbocycles. The minimum Gasteiger partial charge on any atom is -0.384 e. The fourth-order valence-corrected chi connectivity index (χ4v) is 3.15. The van der Waals surface area contributed by atoms with Crippen LogP contribution in [0.5, 0.6) is 0 Å². The van der Waals surface area contributed by atoms with Crippen LogP contribution in [-0.2, 0) is 20.9 Å². The minimum atomic E-state index is -0.114. The van der Waals surface area contributed by atoms with Crippen LogP contribution >= 0.6 is 0 Å². The van der Waals surface area contributed by atoms with Crippen molar-refractivity contribution in [2.45, 2.75) is 25.4 Å². The molecular formula is C19H22N2O3. The highest BCUT2D eigenvalue weighted by atomic mass is 16.5. The standard InChI is InChI=1S/C19H22N2O3/c1-24-10-9-18(22)20-16-11-19(23)21(13-16)12-15-7-4-6-14-5-2-3-8-17(14)15/h2-8,16H,9-13H2,1H3,(H,20,22). The number of nitrogens with one attached hydrogen (secondary N) is 1. The van der Waals surface area contributed by atoms with Gasteiger partial charge in [0.25, 0.3) is 0 Å². The van der Waals surface area contributed by atoms with Gasteiger partial charge in [-0.1, -0.05) is 42.5 Å². The van der Waals surface area contributed by atoms with Crippen LogP contribution in [0.4, 0.5) is 0 Å². The molecule has 1 fully saturated rings. The van der Waals surface area contributed by atoms with Crippen molar-refractivity contribution in [2.24, 2.45) is 0 Å². The second-order valence-electron chi connectivity index (χ2n) is 6.12. The van der Waals surface area contributed by atoms with E-state index in [-0.39, 0.29) is 17.9 Å². The lowest BCUT2D eigenvalue weighted by Crippen LogP contribution is -2.37. The quantitative estimate of drug-likeness (QED) is 0.884. The van der Waals surface area contributed by atoms with Gasteiger partial charge in [-0.2, -0.15) is 0 Å². The molecule has 1 atom stereocenters. The number of carbonyl (C=O) groups is 2. The van der Waals surface area contributed by atoms with Crippen LogP contribution in [0.15, 0.2) is 42.5 Å². The van der Waals surface area contributed by atoms with E-state index >= 15 is 0 Å². The average Bonchev–Trinajstić information content (AvgIpc) is 2.92. The van der Waals surface area contributed by atoms with Crippen molar-refractivity contribution in [2.75, 3.05) is 20.3 Å². The molecule has 2 aromatic carbocycles. The topological polar surface area (TPSA) is 58.6 Å². The Morgan fingerprint density at radius 1 is 1.25 bits per heavy atom. The summed E-state index contributed by atoms with van der Waals surface area (Å²) in [7, 11) is 1.57. The molecule has 0 spiro atoms. The Labute approximate surface area is 141 Å². The van der Waals surface area contributed by atoms with E-state index in [1.165, 1.54) is 10.8 Å². The summed E-state index contributed by atoms with van der Waals surface area (Å²) in [4.78, 5) is 25.9. The monoisotopic (exact) mass is 326 g/mol. The van der Waals surface area contributed by atoms with Crippen LogP contribution in [-0.4, -0.2) is 43.0 Å². The molecule has 5 nitrogen and oxygen atoms in total. The molecule has 1 unspecified atom stereocenters. The van der Waals surface area contributed by atoms with Crippen molar-refractivity contribution >= 4 is 22.6 Å². The number of carbonyl (C=O) groups excluding carboxylic acids is 2. The number of hydrogen-bond donors (Lipinski definition) is 1. The summed E-state index contributed by atoms with van der Waals surface area (Å²) in [6.07, 6.45) is 0.688. The maximum absolute atomic E-state index is 12.3. The smallest absolute Gasteiger partial charge is 0.225 e. The van der Waals surface area contributed by atoms with Crippen molar-refractivity contribution in [3.05, 3.63) is 48.0 Å². The molecule has 126 valence electrons. The SMILES string of the molecule is COCCC(=O)NC1CC(=O)N(Cc2cccc3ccccc23)C1. The molecular weight excluding hydrogens is 304 g/mol. The van der Waals surface area contributed by atoms with Crippen molar-refractivity contribution in [3.63, 3.8) is 0 Å². The normalized spacial score (nSPS) is 17.5. The number of ether oxygens (including phenoxy) is 1. The number of benzene rings is 2. The van der Waals surface area contributed by atoms with Crippen molar-refractivity contribution in [3.8, 4) is 0 Å². The van der Waals surface area contributed by atoms with E-state index in [1.807, 2.05) is 23.1 Å². The zero-order valence-electron chi connectivity index (χ0n) is 13.8. The third kappa shape index (κ3) is 3.74. The van der Waals surface area contributed by atoms with Gasteiger partial charge < -0.3 is 15.0 Å². The molecule has 24 heavy (non-hydrogen) atoms. The highest BCUT2D eigenvalue weighted by molar-refractivity contribution is 5.87. The molecule has 1 heterocycles. The predicted octanol–water partition coefficient (Wildman–Crippen LogP) is 2.09. The van der Waals surface area contributed by atoms with Crippen molar-refractivity contribution in [1.82, 2.24) is 10.2 Å². The summed E-state index contributed by atoms with van der Waals surface area (Å²) >= 11 is 0. The fraction of sp³-hybridized carbons (Fsp3) is 0.368. The molecule has 0 bridgehead atoms. The molecule has 0 radical (unpaired) electrons. The first kappa shape index (κ1) is 16.5. The number of likely N-dealkylation sites (tertiary alicyclic amines) is 1. The van der Waals surface area contributed by atoms with E-state index in [4.69, 9.17) is 4.74 Å². The number of fused-ring (bicyclic) bond motifs is 1. The maximum atomic E-state index is 12.3. The zero-order valence-corrected chi connectivity index (χ0v) is 13.8. The van der Waals surface area contributed by atoms with E-state index in [2.05, 4.69) is 29.6 Å². The first-order valence-corrected chi connectivity index (χ1v) is 8.20. The first-order chi connectivity index (χ1) is 11.7. The molecule has 2 amide bonds. The predicted molar refractivity (Wildman–Crippen MR) is 92.4 cm³/mol. The summed E-state index contributed by atoms with van der Waals surface area (Å²) in [6, 6.07) is 14.2. The lowest BCUT2D eigenvalue weighted by atomic mass is 10.0. The Morgan fingerprint density at radius 3 is 2.88 bits per heavy atom. The second-order valence-corrected chi connectivity index (χ2v) is 6.12. The summed E-state index contributed by atoms with van der Waals surface area (Å²) in [5, 5.41) is 5.25. The van der Waals surface area contributed by atoms with Gasteiger partial charge in [-0.25, -0.2) is 0 Å². The Hall–Kier alpha value is -2.40. The third-order valence-corrected chi connectivity index (χ3v) is 4.35. The molecule has 0 saturated carbocycles. The highest BCUT2D eigenvalue weighted by Crippen LogP contribution is 2.22. The van der Waals surface area contributed by atoms with E-state index in [0.29, 0.717) is 32.5 Å². The van der Waals surface area contributed by atoms with Crippen LogP contribution in [0, 0.1) is 0 Å². The van der Waals surface area contributed by atoms with Crippen molar-refractivity contribution < 1.29 is 14.3 Å². The summed E-state index contributed by atoms with van der Waals surface area (Å²) in [5.74, 6) is 0.0154. The van der Waals surface area contributed by atoms with E-state index in [0.717, 1.165) is 5.56 Å². The van der Waals surface area contributed by atoms with Gasteiger partial charge in [-0.3, -0.25) is 9.59 Å². The molecule has 1 aliphatic rings. The van der Waals surface area contributed by atoms with Gasteiger partial charge in [-0.05, 0) is 16.3 Å². The summed E-state index contributed by atoms with van der Waals surface area (Å²) < 4.78 is 4.90. The van der Waals surface area contributed by atoms with Crippen LogP contribution in [0.2, 0.25) is 0 Å². The lowest BCUT2D eigenvalue weighted by molar-refractivity contribution is -0.128. The molecule has 1 aliphatic heterocycles. The molecule has 3 rings (SSSR count). The Bertz CT molecular complexity index is 739. The number of hydrogen-bond acceptors (Lipinski definition) is 3. The van der Waals surface area contributed by atoms with Gasteiger partial charge in [0, 0.05) is 33.0 Å². The van der Waals surface area contributed by atoms with E-state index in [9.17, 15) is 9.59 Å². The van der Waals surface area contributed by atoms with Gasteiger partial charge in [0.15, 0.2) is 0 Å². The minimum absolute atomic E-state index is 0.0679. The number of rotatable bonds is 6. The van der Waals surface area contributed by atoms with Gasteiger partial charge in [0.1, 0.15) is 0 Å². The molecule has 1 saturated heterocycles. The fourth-order valence-electron chi connectivity index (χ4n) is 3.15. The first-order valence-electron chi connectivity index (χ1n) is 8.20. The Morgan fingerprint density at radius 2 is 2.04 bits per heavy atom. The van der Waals surface area contributed by atoms with Crippen LogP contribution in [0.1, 0.15) is 18.4 Å². The van der Waals surface area contributed by atoms with Crippen LogP contribution < -0.4 is 5.32 Å². The van der Waals surface area contributed by atoms with Gasteiger partial charge in [-0.15, -0.1) is 0 Å². The van der Waals surface area contributed by atoms with Gasteiger partial charge in [0.2, 0.25) is 11.8 Å². The molecule has 1 N–H and O–H groups in total.